The molecule has 0 fully saturated rings. The van der Waals surface area contributed by atoms with E-state index in [1.807, 2.05) is 0 Å². The van der Waals surface area contributed by atoms with Crippen molar-refractivity contribution in [2.75, 3.05) is 6.61 Å². The molecule has 2 rings (SSSR count). The zero-order valence-corrected chi connectivity index (χ0v) is 13.8. The second-order valence-electron chi connectivity index (χ2n) is 5.00. The maximum atomic E-state index is 14.2. The third-order valence-corrected chi connectivity index (χ3v) is 3.02. The van der Waals surface area contributed by atoms with Crippen LogP contribution in [0.3, 0.4) is 0 Å². The molecule has 5 nitrogen and oxygen atoms in total. The molecular weight excluding hydrogens is 403 g/mol. The van der Waals surface area contributed by atoms with Gasteiger partial charge in [0.25, 0.3) is 0 Å². The SMILES string of the molecule is CCOC(=O)c1c(Oc2ccc(OC(F)(F)F)cc2)cnc(C(F)(F)F)c1F. The smallest absolute Gasteiger partial charge is 0.462 e. The van der Waals surface area contributed by atoms with Crippen molar-refractivity contribution in [2.24, 2.45) is 0 Å². The van der Waals surface area contributed by atoms with E-state index in [1.165, 1.54) is 6.92 Å². The molecule has 0 spiro atoms. The molecule has 0 bridgehead atoms. The lowest BCUT2D eigenvalue weighted by Gasteiger charge is -2.15. The van der Waals surface area contributed by atoms with Gasteiger partial charge in [0.05, 0.1) is 12.8 Å². The first-order valence-corrected chi connectivity index (χ1v) is 7.39. The maximum Gasteiger partial charge on any atom is 0.573 e. The van der Waals surface area contributed by atoms with Crippen LogP contribution in [0, 0.1) is 5.82 Å². The fourth-order valence-electron chi connectivity index (χ4n) is 1.98. The summed E-state index contributed by atoms with van der Waals surface area (Å²) in [4.78, 5) is 14.8. The zero-order valence-electron chi connectivity index (χ0n) is 13.8. The number of ether oxygens (including phenoxy) is 3. The van der Waals surface area contributed by atoms with E-state index >= 15 is 0 Å². The molecule has 0 aliphatic carbocycles. The summed E-state index contributed by atoms with van der Waals surface area (Å²) in [7, 11) is 0. The summed E-state index contributed by atoms with van der Waals surface area (Å²) in [6.07, 6.45) is -9.65. The van der Waals surface area contributed by atoms with Crippen molar-refractivity contribution in [3.8, 4) is 17.2 Å². The van der Waals surface area contributed by atoms with Gasteiger partial charge in [0.2, 0.25) is 0 Å². The Kier molecular flexibility index (Phi) is 6.00. The lowest BCUT2D eigenvalue weighted by atomic mass is 10.2. The third-order valence-electron chi connectivity index (χ3n) is 3.02. The predicted molar refractivity (Wildman–Crippen MR) is 78.4 cm³/mol. The molecule has 0 atom stereocenters. The minimum absolute atomic E-state index is 0.221. The molecule has 1 aromatic carbocycles. The van der Waals surface area contributed by atoms with E-state index in [1.54, 1.807) is 0 Å². The molecule has 0 unspecified atom stereocenters. The summed E-state index contributed by atoms with van der Waals surface area (Å²) in [6.45, 7) is 1.09. The fraction of sp³-hybridized carbons (Fsp3) is 0.250. The molecule has 0 N–H and O–H groups in total. The molecule has 0 radical (unpaired) electrons. The predicted octanol–water partition coefficient (Wildman–Crippen LogP) is 5.11. The van der Waals surface area contributed by atoms with Crippen molar-refractivity contribution < 1.29 is 49.7 Å². The van der Waals surface area contributed by atoms with E-state index in [0.29, 0.717) is 6.20 Å². The largest absolute Gasteiger partial charge is 0.573 e. The molecule has 1 heterocycles. The molecule has 2 aromatic rings. The highest BCUT2D eigenvalue weighted by molar-refractivity contribution is 5.93. The summed E-state index contributed by atoms with van der Waals surface area (Å²) < 4.78 is 102. The van der Waals surface area contributed by atoms with Crippen LogP contribution in [0.1, 0.15) is 23.0 Å². The number of hydrogen-bond acceptors (Lipinski definition) is 5. The van der Waals surface area contributed by atoms with Gasteiger partial charge in [0.1, 0.15) is 17.1 Å². The van der Waals surface area contributed by atoms with Crippen LogP contribution in [-0.4, -0.2) is 23.9 Å². The van der Waals surface area contributed by atoms with E-state index in [0.717, 1.165) is 24.3 Å². The first-order valence-electron chi connectivity index (χ1n) is 7.39. The van der Waals surface area contributed by atoms with Gasteiger partial charge in [-0.1, -0.05) is 0 Å². The van der Waals surface area contributed by atoms with Crippen LogP contribution >= 0.6 is 0 Å². The molecule has 0 saturated heterocycles. The number of rotatable bonds is 5. The van der Waals surface area contributed by atoms with E-state index in [-0.39, 0.29) is 12.4 Å². The summed E-state index contributed by atoms with van der Waals surface area (Å²) in [5.74, 6) is -4.96. The summed E-state index contributed by atoms with van der Waals surface area (Å²) in [5, 5.41) is 0. The van der Waals surface area contributed by atoms with Crippen molar-refractivity contribution in [2.45, 2.75) is 19.5 Å². The Labute approximate surface area is 152 Å². The summed E-state index contributed by atoms with van der Waals surface area (Å²) in [6, 6.07) is 3.62. The van der Waals surface area contributed by atoms with Gasteiger partial charge < -0.3 is 14.2 Å². The van der Waals surface area contributed by atoms with E-state index < -0.39 is 47.1 Å². The first-order chi connectivity index (χ1) is 12.9. The van der Waals surface area contributed by atoms with E-state index in [4.69, 9.17) is 4.74 Å². The number of carbonyl (C=O) groups is 1. The van der Waals surface area contributed by atoms with Crippen LogP contribution in [0.4, 0.5) is 30.7 Å². The molecule has 0 aliphatic heterocycles. The van der Waals surface area contributed by atoms with Crippen molar-refractivity contribution >= 4 is 5.97 Å². The van der Waals surface area contributed by atoms with Gasteiger partial charge in [0, 0.05) is 0 Å². The third kappa shape index (κ3) is 5.24. The number of benzene rings is 1. The molecular formula is C16H10F7NO4. The highest BCUT2D eigenvalue weighted by Gasteiger charge is 2.39. The first kappa shape index (κ1) is 21.3. The number of esters is 1. The van der Waals surface area contributed by atoms with Gasteiger partial charge in [0.15, 0.2) is 17.3 Å². The van der Waals surface area contributed by atoms with Gasteiger partial charge >= 0.3 is 18.5 Å². The Hall–Kier alpha value is -3.05. The Morgan fingerprint density at radius 3 is 2.11 bits per heavy atom. The molecule has 0 saturated carbocycles. The van der Waals surface area contributed by atoms with Crippen molar-refractivity contribution in [3.63, 3.8) is 0 Å². The van der Waals surface area contributed by atoms with Crippen LogP contribution in [0.2, 0.25) is 0 Å². The second-order valence-corrected chi connectivity index (χ2v) is 5.00. The van der Waals surface area contributed by atoms with Crippen molar-refractivity contribution in [1.29, 1.82) is 0 Å². The molecule has 0 aliphatic rings. The fourth-order valence-corrected chi connectivity index (χ4v) is 1.98. The maximum absolute atomic E-state index is 14.2. The lowest BCUT2D eigenvalue weighted by molar-refractivity contribution is -0.274. The van der Waals surface area contributed by atoms with E-state index in [9.17, 15) is 35.5 Å². The number of carbonyl (C=O) groups excluding carboxylic acids is 1. The number of alkyl halides is 6. The average molecular weight is 413 g/mol. The number of nitrogens with zero attached hydrogens (tertiary/aromatic N) is 1. The number of halogens is 7. The standard InChI is InChI=1S/C16H10F7NO4/c1-2-26-14(25)11-10(7-24-13(12(11)17)15(18,19)20)27-8-3-5-9(6-4-8)28-16(21,22)23/h3-7H,2H2,1H3. The monoisotopic (exact) mass is 413 g/mol. The van der Waals surface area contributed by atoms with Crippen molar-refractivity contribution in [1.82, 2.24) is 4.98 Å². The van der Waals surface area contributed by atoms with Crippen LogP contribution < -0.4 is 9.47 Å². The Morgan fingerprint density at radius 1 is 1.04 bits per heavy atom. The van der Waals surface area contributed by atoms with E-state index in [2.05, 4.69) is 14.5 Å². The van der Waals surface area contributed by atoms with Gasteiger partial charge in [-0.15, -0.1) is 13.2 Å². The van der Waals surface area contributed by atoms with Gasteiger partial charge in [-0.2, -0.15) is 13.2 Å². The van der Waals surface area contributed by atoms with Crippen LogP contribution in [0.25, 0.3) is 0 Å². The highest BCUT2D eigenvalue weighted by Crippen LogP contribution is 2.36. The Bertz CT molecular complexity index is 848. The normalized spacial score (nSPS) is 11.9. The Balaban J connectivity index is 2.39. The lowest BCUT2D eigenvalue weighted by Crippen LogP contribution is -2.17. The topological polar surface area (TPSA) is 57.7 Å². The summed E-state index contributed by atoms with van der Waals surface area (Å²) >= 11 is 0. The van der Waals surface area contributed by atoms with Crippen LogP contribution in [0.15, 0.2) is 30.5 Å². The average Bonchev–Trinajstić information content (AvgIpc) is 2.54. The highest BCUT2D eigenvalue weighted by atomic mass is 19.4. The number of pyridine rings is 1. The quantitative estimate of drug-likeness (QED) is 0.504. The van der Waals surface area contributed by atoms with Gasteiger partial charge in [-0.3, -0.25) is 0 Å². The van der Waals surface area contributed by atoms with Gasteiger partial charge in [-0.05, 0) is 31.2 Å². The molecule has 0 amide bonds. The number of hydrogen-bond donors (Lipinski definition) is 0. The van der Waals surface area contributed by atoms with Crippen LogP contribution in [0.5, 0.6) is 17.2 Å². The molecule has 12 heteroatoms. The van der Waals surface area contributed by atoms with Gasteiger partial charge in [-0.25, -0.2) is 14.2 Å². The Morgan fingerprint density at radius 2 is 1.61 bits per heavy atom. The summed E-state index contributed by atoms with van der Waals surface area (Å²) in [5.41, 5.74) is -3.10. The zero-order chi connectivity index (χ0) is 21.1. The second kappa shape index (κ2) is 7.90. The molecule has 152 valence electrons. The molecule has 28 heavy (non-hydrogen) atoms. The minimum atomic E-state index is -5.18. The number of aromatic nitrogens is 1. The van der Waals surface area contributed by atoms with Crippen molar-refractivity contribution in [3.05, 3.63) is 47.5 Å². The van der Waals surface area contributed by atoms with Crippen LogP contribution in [-0.2, 0) is 10.9 Å². The molecule has 1 aromatic heterocycles. The minimum Gasteiger partial charge on any atom is -0.462 e.